The van der Waals surface area contributed by atoms with Crippen molar-refractivity contribution in [3.63, 3.8) is 0 Å². The fraction of sp³-hybridized carbons (Fsp3) is 0.450. The van der Waals surface area contributed by atoms with Crippen LogP contribution in [-0.4, -0.2) is 46.1 Å². The Hall–Kier alpha value is -2.97. The first-order valence-corrected chi connectivity index (χ1v) is 9.81. The summed E-state index contributed by atoms with van der Waals surface area (Å²) >= 11 is 0. The fourth-order valence-corrected chi connectivity index (χ4v) is 3.85. The third-order valence-electron chi connectivity index (χ3n) is 5.41. The second-order valence-electron chi connectivity index (χ2n) is 7.54. The molecule has 1 aromatic heterocycles. The van der Waals surface area contributed by atoms with Crippen LogP contribution in [0, 0.1) is 11.6 Å². The highest BCUT2D eigenvalue weighted by Gasteiger charge is 2.39. The number of hydrogen-bond acceptors (Lipinski definition) is 4. The van der Waals surface area contributed by atoms with Crippen LogP contribution < -0.4 is 15.9 Å². The molecule has 1 saturated heterocycles. The molecule has 7 nitrogen and oxygen atoms in total. The minimum absolute atomic E-state index is 0.00226. The number of urea groups is 1. The van der Waals surface area contributed by atoms with E-state index in [9.17, 15) is 18.4 Å². The van der Waals surface area contributed by atoms with Crippen LogP contribution in [0.2, 0.25) is 0 Å². The number of nitrogens with zero attached hydrogens (tertiary/aromatic N) is 3. The molecule has 2 aromatic rings. The van der Waals surface area contributed by atoms with Gasteiger partial charge in [-0.1, -0.05) is 6.07 Å². The number of carbonyl (C=O) groups is 1. The third-order valence-corrected chi connectivity index (χ3v) is 5.41. The lowest BCUT2D eigenvalue weighted by Crippen LogP contribution is -2.54. The molecule has 9 heteroatoms. The third kappa shape index (κ3) is 4.55. The lowest BCUT2D eigenvalue weighted by molar-refractivity contribution is 0.160. The van der Waals surface area contributed by atoms with Crippen molar-refractivity contribution in [2.75, 3.05) is 18.0 Å². The minimum Gasteiger partial charge on any atom is -0.356 e. The van der Waals surface area contributed by atoms with E-state index in [1.165, 1.54) is 18.3 Å². The molecule has 0 radical (unpaired) electrons. The van der Waals surface area contributed by atoms with Gasteiger partial charge in [0.05, 0.1) is 6.04 Å². The predicted molar refractivity (Wildman–Crippen MR) is 104 cm³/mol. The minimum atomic E-state index is -0.672. The Balaban J connectivity index is 1.44. The molecule has 2 aliphatic rings. The summed E-state index contributed by atoms with van der Waals surface area (Å²) in [6.45, 7) is 1.40. The molecular formula is C20H23F2N5O2. The summed E-state index contributed by atoms with van der Waals surface area (Å²) in [6.07, 6.45) is 5.11. The van der Waals surface area contributed by atoms with Crippen LogP contribution in [0.1, 0.15) is 31.2 Å². The number of anilines is 1. The molecule has 154 valence electrons. The number of nitrogens with one attached hydrogen (secondary N) is 2. The van der Waals surface area contributed by atoms with Gasteiger partial charge in [-0.3, -0.25) is 4.98 Å². The van der Waals surface area contributed by atoms with E-state index in [-0.39, 0.29) is 30.2 Å². The van der Waals surface area contributed by atoms with Crippen LogP contribution in [-0.2, 0) is 6.54 Å². The zero-order valence-electron chi connectivity index (χ0n) is 15.9. The first-order chi connectivity index (χ1) is 14.0. The molecule has 2 amide bonds. The number of aromatic nitrogens is 2. The number of H-pyrrole nitrogens is 1. The Morgan fingerprint density at radius 1 is 1.24 bits per heavy atom. The Kier molecular flexibility index (Phi) is 5.46. The van der Waals surface area contributed by atoms with Crippen molar-refractivity contribution >= 4 is 11.8 Å². The van der Waals surface area contributed by atoms with Crippen LogP contribution >= 0.6 is 0 Å². The Bertz CT molecular complexity index is 946. The monoisotopic (exact) mass is 403 g/mol. The molecule has 0 bridgehead atoms. The number of halogens is 2. The highest BCUT2D eigenvalue weighted by atomic mass is 19.1. The van der Waals surface area contributed by atoms with E-state index < -0.39 is 17.3 Å². The molecule has 1 unspecified atom stereocenters. The number of benzene rings is 1. The zero-order chi connectivity index (χ0) is 20.4. The van der Waals surface area contributed by atoms with Gasteiger partial charge in [-0.2, -0.15) is 0 Å². The van der Waals surface area contributed by atoms with Gasteiger partial charge in [-0.05, 0) is 37.8 Å². The summed E-state index contributed by atoms with van der Waals surface area (Å²) in [5.41, 5.74) is -0.155. The molecule has 2 N–H and O–H groups in total. The summed E-state index contributed by atoms with van der Waals surface area (Å²) in [5, 5.41) is 2.78. The Labute approximate surface area is 166 Å². The van der Waals surface area contributed by atoms with Gasteiger partial charge >= 0.3 is 11.7 Å². The maximum atomic E-state index is 13.9. The summed E-state index contributed by atoms with van der Waals surface area (Å²) < 4.78 is 26.9. The van der Waals surface area contributed by atoms with E-state index in [0.717, 1.165) is 38.3 Å². The maximum Gasteiger partial charge on any atom is 0.346 e. The molecule has 1 aliphatic carbocycles. The summed E-state index contributed by atoms with van der Waals surface area (Å²) in [6, 6.07) is 5.01. The van der Waals surface area contributed by atoms with Crippen molar-refractivity contribution in [2.45, 2.75) is 44.3 Å². The largest absolute Gasteiger partial charge is 0.356 e. The van der Waals surface area contributed by atoms with E-state index in [4.69, 9.17) is 0 Å². The van der Waals surface area contributed by atoms with Crippen molar-refractivity contribution in [2.24, 2.45) is 0 Å². The zero-order valence-corrected chi connectivity index (χ0v) is 15.9. The van der Waals surface area contributed by atoms with Gasteiger partial charge in [0.15, 0.2) is 0 Å². The van der Waals surface area contributed by atoms with Crippen molar-refractivity contribution in [1.82, 2.24) is 20.2 Å². The number of amides is 2. The van der Waals surface area contributed by atoms with Gasteiger partial charge in [-0.15, -0.1) is 0 Å². The summed E-state index contributed by atoms with van der Waals surface area (Å²) in [5.74, 6) is -0.623. The molecular weight excluding hydrogens is 380 g/mol. The summed E-state index contributed by atoms with van der Waals surface area (Å²) in [4.78, 5) is 34.7. The van der Waals surface area contributed by atoms with Gasteiger partial charge in [0, 0.05) is 43.5 Å². The number of hydrogen-bond donors (Lipinski definition) is 2. The Morgan fingerprint density at radius 3 is 2.79 bits per heavy atom. The predicted octanol–water partition coefficient (Wildman–Crippen LogP) is 2.39. The van der Waals surface area contributed by atoms with Gasteiger partial charge in [-0.25, -0.2) is 23.4 Å². The SMILES string of the molecule is O=C(NCc1ccc(F)cc1F)N(C1CC1)C1CCCN(c2ccnc(=O)[nH]2)C1. The van der Waals surface area contributed by atoms with Gasteiger partial charge < -0.3 is 15.1 Å². The maximum absolute atomic E-state index is 13.9. The van der Waals surface area contributed by atoms with Gasteiger partial charge in [0.1, 0.15) is 17.5 Å². The Morgan fingerprint density at radius 2 is 2.07 bits per heavy atom. The molecule has 2 heterocycles. The van der Waals surface area contributed by atoms with Crippen LogP contribution in [0.5, 0.6) is 0 Å². The topological polar surface area (TPSA) is 81.3 Å². The van der Waals surface area contributed by atoms with Gasteiger partial charge in [0.25, 0.3) is 0 Å². The standard InChI is InChI=1S/C20H23F2N5O2/c21-14-4-3-13(17(22)10-14)11-24-20(29)27(15-5-6-15)16-2-1-9-26(12-16)18-7-8-23-19(28)25-18/h3-4,7-8,10,15-16H,1-2,5-6,9,11-12H2,(H,24,29)(H,23,25,28). The smallest absolute Gasteiger partial charge is 0.346 e. The second-order valence-corrected chi connectivity index (χ2v) is 7.54. The second kappa shape index (κ2) is 8.18. The van der Waals surface area contributed by atoms with E-state index in [0.29, 0.717) is 12.4 Å². The van der Waals surface area contributed by atoms with E-state index in [2.05, 4.69) is 20.2 Å². The number of aromatic amines is 1. The molecule has 1 aromatic carbocycles. The fourth-order valence-electron chi connectivity index (χ4n) is 3.85. The number of carbonyl (C=O) groups excluding carboxylic acids is 1. The van der Waals surface area contributed by atoms with Crippen molar-refractivity contribution in [3.8, 4) is 0 Å². The lowest BCUT2D eigenvalue weighted by atomic mass is 10.0. The van der Waals surface area contributed by atoms with E-state index >= 15 is 0 Å². The quantitative estimate of drug-likeness (QED) is 0.803. The highest BCUT2D eigenvalue weighted by molar-refractivity contribution is 5.75. The van der Waals surface area contributed by atoms with Crippen LogP contribution in [0.4, 0.5) is 19.4 Å². The molecule has 1 aliphatic heterocycles. The van der Waals surface area contributed by atoms with Crippen LogP contribution in [0.15, 0.2) is 35.3 Å². The van der Waals surface area contributed by atoms with Gasteiger partial charge in [0.2, 0.25) is 0 Å². The van der Waals surface area contributed by atoms with E-state index in [1.807, 2.05) is 4.90 Å². The number of piperidine rings is 1. The normalized spacial score (nSPS) is 19.1. The molecule has 29 heavy (non-hydrogen) atoms. The van der Waals surface area contributed by atoms with Crippen LogP contribution in [0.25, 0.3) is 0 Å². The lowest BCUT2D eigenvalue weighted by Gasteiger charge is -2.40. The van der Waals surface area contributed by atoms with Crippen molar-refractivity contribution < 1.29 is 13.6 Å². The molecule has 1 saturated carbocycles. The first-order valence-electron chi connectivity index (χ1n) is 9.81. The molecule has 4 rings (SSSR count). The average molecular weight is 403 g/mol. The molecule has 1 atom stereocenters. The van der Waals surface area contributed by atoms with Crippen LogP contribution in [0.3, 0.4) is 0 Å². The highest BCUT2D eigenvalue weighted by Crippen LogP contribution is 2.32. The van der Waals surface area contributed by atoms with E-state index in [1.54, 1.807) is 6.07 Å². The molecule has 2 fully saturated rings. The van der Waals surface area contributed by atoms with Crippen molar-refractivity contribution in [1.29, 1.82) is 0 Å². The average Bonchev–Trinajstić information content (AvgIpc) is 3.53. The van der Waals surface area contributed by atoms with Crippen molar-refractivity contribution in [3.05, 3.63) is 58.1 Å². The molecule has 0 spiro atoms. The number of rotatable bonds is 5. The summed E-state index contributed by atoms with van der Waals surface area (Å²) in [7, 11) is 0. The first kappa shape index (κ1) is 19.4.